The molecule has 18 heavy (non-hydrogen) atoms. The van der Waals surface area contributed by atoms with Gasteiger partial charge in [0.1, 0.15) is 0 Å². The second-order valence-corrected chi connectivity index (χ2v) is 6.03. The largest absolute Gasteiger partial charge is 0.387 e. The van der Waals surface area contributed by atoms with Crippen LogP contribution in [-0.4, -0.2) is 31.0 Å². The topological polar surface area (TPSA) is 55.5 Å². The Labute approximate surface area is 112 Å². The molecule has 1 aliphatic rings. The van der Waals surface area contributed by atoms with Gasteiger partial charge >= 0.3 is 0 Å². The molecule has 0 radical (unpaired) electrons. The third-order valence-electron chi connectivity index (χ3n) is 5.11. The highest BCUT2D eigenvalue weighted by molar-refractivity contribution is 5.01. The van der Waals surface area contributed by atoms with Crippen molar-refractivity contribution in [3.63, 3.8) is 0 Å². The highest BCUT2D eigenvalue weighted by Crippen LogP contribution is 2.48. The fourth-order valence-corrected chi connectivity index (χ4v) is 3.66. The van der Waals surface area contributed by atoms with Crippen molar-refractivity contribution in [2.45, 2.75) is 64.4 Å². The molecule has 3 nitrogen and oxygen atoms in total. The Morgan fingerprint density at radius 3 is 2.33 bits per heavy atom. The average molecular weight is 257 g/mol. The molecule has 1 fully saturated rings. The van der Waals surface area contributed by atoms with Crippen molar-refractivity contribution in [1.29, 1.82) is 0 Å². The molecule has 1 rings (SSSR count). The summed E-state index contributed by atoms with van der Waals surface area (Å²) < 4.78 is 5.25. The van der Waals surface area contributed by atoms with Crippen LogP contribution in [-0.2, 0) is 4.74 Å². The van der Waals surface area contributed by atoms with Gasteiger partial charge in [-0.15, -0.1) is 0 Å². The van der Waals surface area contributed by atoms with Crippen LogP contribution in [0.25, 0.3) is 0 Å². The minimum absolute atomic E-state index is 0.137. The summed E-state index contributed by atoms with van der Waals surface area (Å²) >= 11 is 0. The lowest BCUT2D eigenvalue weighted by Crippen LogP contribution is -2.56. The van der Waals surface area contributed by atoms with Gasteiger partial charge in [0, 0.05) is 19.1 Å². The van der Waals surface area contributed by atoms with Crippen LogP contribution in [0, 0.1) is 11.3 Å². The Hall–Kier alpha value is -0.120. The third kappa shape index (κ3) is 3.06. The molecule has 1 saturated carbocycles. The molecule has 0 aromatic rings. The highest BCUT2D eigenvalue weighted by Gasteiger charge is 2.49. The van der Waals surface area contributed by atoms with Crippen molar-refractivity contribution < 1.29 is 9.84 Å². The molecule has 0 amide bonds. The lowest BCUT2D eigenvalue weighted by molar-refractivity contribution is -0.142. The monoisotopic (exact) mass is 257 g/mol. The lowest BCUT2D eigenvalue weighted by atomic mass is 9.60. The molecule has 0 heterocycles. The van der Waals surface area contributed by atoms with Crippen molar-refractivity contribution in [2.24, 2.45) is 17.1 Å². The quantitative estimate of drug-likeness (QED) is 0.737. The van der Waals surface area contributed by atoms with Gasteiger partial charge in [-0.2, -0.15) is 0 Å². The molecule has 0 bridgehead atoms. The summed E-state index contributed by atoms with van der Waals surface area (Å²) in [5.74, 6) is 0.832. The molecule has 3 heteroatoms. The first kappa shape index (κ1) is 15.9. The smallest absolute Gasteiger partial charge is 0.0945 e. The fraction of sp³-hybridized carbons (Fsp3) is 1.00. The first-order valence-corrected chi connectivity index (χ1v) is 7.49. The van der Waals surface area contributed by atoms with Gasteiger partial charge in [0.15, 0.2) is 0 Å². The molecule has 1 aliphatic carbocycles. The summed E-state index contributed by atoms with van der Waals surface area (Å²) in [5.41, 5.74) is 5.14. The van der Waals surface area contributed by atoms with Crippen LogP contribution in [0.4, 0.5) is 0 Å². The molecule has 0 aliphatic heterocycles. The highest BCUT2D eigenvalue weighted by atomic mass is 16.5. The summed E-state index contributed by atoms with van der Waals surface area (Å²) in [6.07, 6.45) is 7.79. The number of nitrogens with two attached hydrogens (primary N) is 1. The first-order chi connectivity index (χ1) is 8.57. The van der Waals surface area contributed by atoms with Gasteiger partial charge in [-0.25, -0.2) is 0 Å². The van der Waals surface area contributed by atoms with Gasteiger partial charge in [-0.1, -0.05) is 26.7 Å². The maximum Gasteiger partial charge on any atom is 0.0945 e. The summed E-state index contributed by atoms with van der Waals surface area (Å²) in [6.45, 7) is 5.26. The zero-order chi connectivity index (χ0) is 13.6. The second kappa shape index (κ2) is 6.88. The van der Waals surface area contributed by atoms with E-state index in [4.69, 9.17) is 10.5 Å². The zero-order valence-corrected chi connectivity index (χ0v) is 12.4. The molecule has 1 atom stereocenters. The van der Waals surface area contributed by atoms with Gasteiger partial charge < -0.3 is 15.6 Å². The Balaban J connectivity index is 2.75. The average Bonchev–Trinajstić information content (AvgIpc) is 2.40. The van der Waals surface area contributed by atoms with Gasteiger partial charge in [0.05, 0.1) is 12.2 Å². The van der Waals surface area contributed by atoms with E-state index in [-0.39, 0.29) is 5.41 Å². The van der Waals surface area contributed by atoms with Gasteiger partial charge in [-0.05, 0) is 38.0 Å². The minimum atomic E-state index is -0.756. The first-order valence-electron chi connectivity index (χ1n) is 7.49. The Kier molecular flexibility index (Phi) is 6.09. The van der Waals surface area contributed by atoms with Crippen LogP contribution < -0.4 is 5.73 Å². The number of rotatable bonds is 7. The number of aliphatic hydroxyl groups is 1. The van der Waals surface area contributed by atoms with Crippen molar-refractivity contribution in [1.82, 2.24) is 0 Å². The number of methoxy groups -OCH3 is 1. The Bertz CT molecular complexity index is 237. The fourth-order valence-electron chi connectivity index (χ4n) is 3.66. The van der Waals surface area contributed by atoms with Crippen LogP contribution in [0.2, 0.25) is 0 Å². The maximum atomic E-state index is 10.9. The molecule has 0 aromatic carbocycles. The minimum Gasteiger partial charge on any atom is -0.387 e. The van der Waals surface area contributed by atoms with E-state index in [0.717, 1.165) is 25.2 Å². The third-order valence-corrected chi connectivity index (χ3v) is 5.11. The van der Waals surface area contributed by atoms with Gasteiger partial charge in [-0.3, -0.25) is 0 Å². The molecular weight excluding hydrogens is 226 g/mol. The molecule has 0 aromatic heterocycles. The van der Waals surface area contributed by atoms with Crippen LogP contribution in [0.5, 0.6) is 0 Å². The van der Waals surface area contributed by atoms with Crippen LogP contribution in [0.3, 0.4) is 0 Å². The summed E-state index contributed by atoms with van der Waals surface area (Å²) in [7, 11) is 1.66. The van der Waals surface area contributed by atoms with Gasteiger partial charge in [0.25, 0.3) is 0 Å². The van der Waals surface area contributed by atoms with Gasteiger partial charge in [0.2, 0.25) is 0 Å². The van der Waals surface area contributed by atoms with Crippen LogP contribution in [0.1, 0.15) is 58.8 Å². The van der Waals surface area contributed by atoms with Crippen molar-refractivity contribution in [2.75, 3.05) is 20.3 Å². The van der Waals surface area contributed by atoms with E-state index in [1.807, 2.05) is 6.92 Å². The molecule has 0 spiro atoms. The SMILES string of the molecule is CCCC1CCC(CN)(C(O)(CC)COC)CC1. The van der Waals surface area contributed by atoms with E-state index in [1.165, 1.54) is 25.7 Å². The van der Waals surface area contributed by atoms with E-state index in [2.05, 4.69) is 6.92 Å². The standard InChI is InChI=1S/C15H31NO2/c1-4-6-13-7-9-14(11-16,10-8-13)15(17,5-2)12-18-3/h13,17H,4-12,16H2,1-3H3. The van der Waals surface area contributed by atoms with Crippen molar-refractivity contribution >= 4 is 0 Å². The second-order valence-electron chi connectivity index (χ2n) is 6.03. The van der Waals surface area contributed by atoms with Crippen molar-refractivity contribution in [3.8, 4) is 0 Å². The molecule has 0 saturated heterocycles. The lowest BCUT2D eigenvalue weighted by Gasteiger charge is -2.50. The zero-order valence-electron chi connectivity index (χ0n) is 12.4. The molecule has 1 unspecified atom stereocenters. The molecule has 3 N–H and O–H groups in total. The van der Waals surface area contributed by atoms with Crippen LogP contribution >= 0.6 is 0 Å². The molecular formula is C15H31NO2. The van der Waals surface area contributed by atoms with E-state index in [9.17, 15) is 5.11 Å². The number of ether oxygens (including phenoxy) is 1. The summed E-state index contributed by atoms with van der Waals surface area (Å²) in [6, 6.07) is 0. The van der Waals surface area contributed by atoms with Crippen molar-refractivity contribution in [3.05, 3.63) is 0 Å². The number of hydrogen-bond acceptors (Lipinski definition) is 3. The van der Waals surface area contributed by atoms with Crippen LogP contribution in [0.15, 0.2) is 0 Å². The molecule has 108 valence electrons. The normalized spacial score (nSPS) is 32.2. The maximum absolute atomic E-state index is 10.9. The Morgan fingerprint density at radius 2 is 1.94 bits per heavy atom. The predicted octanol–water partition coefficient (Wildman–Crippen LogP) is 2.71. The van der Waals surface area contributed by atoms with E-state index in [1.54, 1.807) is 7.11 Å². The van der Waals surface area contributed by atoms with E-state index >= 15 is 0 Å². The number of hydrogen-bond donors (Lipinski definition) is 2. The van der Waals surface area contributed by atoms with E-state index in [0.29, 0.717) is 13.2 Å². The summed E-state index contributed by atoms with van der Waals surface area (Å²) in [4.78, 5) is 0. The van der Waals surface area contributed by atoms with E-state index < -0.39 is 5.60 Å². The summed E-state index contributed by atoms with van der Waals surface area (Å²) in [5, 5.41) is 10.9. The Morgan fingerprint density at radius 1 is 1.33 bits per heavy atom. The predicted molar refractivity (Wildman–Crippen MR) is 75.5 cm³/mol.